The molecular formula is C10H13N5O6. The first-order valence-corrected chi connectivity index (χ1v) is 6.06. The number of aliphatic hydroxyl groups excluding tert-OH is 3. The summed E-state index contributed by atoms with van der Waals surface area (Å²) in [5.74, 6) is -0.216. The Morgan fingerprint density at radius 3 is 2.62 bits per heavy atom. The summed E-state index contributed by atoms with van der Waals surface area (Å²) in [6.45, 7) is -0.540. The Labute approximate surface area is 115 Å². The number of H-pyrrole nitrogens is 2. The molecule has 1 fully saturated rings. The van der Waals surface area contributed by atoms with Gasteiger partial charge in [0.05, 0.1) is 6.61 Å². The molecule has 0 unspecified atom stereocenters. The predicted octanol–water partition coefficient (Wildman–Crippen LogP) is -3.39. The summed E-state index contributed by atoms with van der Waals surface area (Å²) in [4.78, 5) is 32.0. The highest BCUT2D eigenvalue weighted by atomic mass is 16.6. The number of aromatic nitrogens is 4. The predicted molar refractivity (Wildman–Crippen MR) is 68.4 cm³/mol. The second-order valence-corrected chi connectivity index (χ2v) is 4.68. The molecule has 1 aliphatic rings. The van der Waals surface area contributed by atoms with Gasteiger partial charge in [-0.05, 0) is 0 Å². The maximum absolute atomic E-state index is 12.0. The normalized spacial score (nSPS) is 29.3. The third-order valence-electron chi connectivity index (χ3n) is 3.37. The van der Waals surface area contributed by atoms with Crippen LogP contribution in [-0.4, -0.2) is 59.8 Å². The third kappa shape index (κ3) is 1.94. The van der Waals surface area contributed by atoms with Crippen LogP contribution in [0.3, 0.4) is 0 Å². The zero-order chi connectivity index (χ0) is 15.3. The number of nitrogen functional groups attached to an aromatic ring is 1. The lowest BCUT2D eigenvalue weighted by Gasteiger charge is -2.15. The Bertz CT molecular complexity index is 793. The maximum Gasteiger partial charge on any atom is 0.330 e. The second-order valence-electron chi connectivity index (χ2n) is 4.68. The quantitative estimate of drug-likeness (QED) is 0.332. The molecule has 114 valence electrons. The van der Waals surface area contributed by atoms with Crippen LogP contribution in [0, 0.1) is 0 Å². The van der Waals surface area contributed by atoms with Gasteiger partial charge >= 0.3 is 5.69 Å². The number of anilines is 1. The highest BCUT2D eigenvalue weighted by molar-refractivity contribution is 5.70. The molecular weight excluding hydrogens is 286 g/mol. The first kappa shape index (κ1) is 13.8. The van der Waals surface area contributed by atoms with E-state index in [1.807, 2.05) is 0 Å². The third-order valence-corrected chi connectivity index (χ3v) is 3.37. The van der Waals surface area contributed by atoms with Crippen molar-refractivity contribution in [3.8, 4) is 0 Å². The lowest BCUT2D eigenvalue weighted by Crippen LogP contribution is -2.35. The van der Waals surface area contributed by atoms with Crippen LogP contribution in [0.4, 0.5) is 5.95 Å². The summed E-state index contributed by atoms with van der Waals surface area (Å²) in [6, 6.07) is 0. The van der Waals surface area contributed by atoms with Crippen LogP contribution < -0.4 is 17.0 Å². The Hall–Kier alpha value is -2.21. The molecule has 0 saturated carbocycles. The number of nitrogens with zero attached hydrogens (tertiary/aromatic N) is 2. The average molecular weight is 299 g/mol. The monoisotopic (exact) mass is 299 g/mol. The number of aromatic amines is 2. The molecule has 21 heavy (non-hydrogen) atoms. The van der Waals surface area contributed by atoms with Gasteiger partial charge in [0.25, 0.3) is 5.56 Å². The molecule has 4 atom stereocenters. The van der Waals surface area contributed by atoms with Crippen LogP contribution in [-0.2, 0) is 4.74 Å². The van der Waals surface area contributed by atoms with E-state index < -0.39 is 42.4 Å². The van der Waals surface area contributed by atoms with Crippen molar-refractivity contribution in [3.05, 3.63) is 20.8 Å². The molecule has 0 radical (unpaired) electrons. The van der Waals surface area contributed by atoms with E-state index in [9.17, 15) is 19.8 Å². The number of nitrogens with two attached hydrogens (primary N) is 1. The van der Waals surface area contributed by atoms with Crippen LogP contribution in [0.5, 0.6) is 0 Å². The van der Waals surface area contributed by atoms with Crippen LogP contribution in [0.2, 0.25) is 0 Å². The van der Waals surface area contributed by atoms with Crippen molar-refractivity contribution < 1.29 is 20.1 Å². The standard InChI is InChI=1S/C10H13N5O6/c11-9-13-6-3(7(19)14-9)12-10(20)15(6)8-5(18)4(17)2(1-16)21-8/h2,4-5,8,16-18H,1H2,(H,12,20)(H3,11,13,14,19)/t2-,4+,5-,8-/m1/s1. The van der Waals surface area contributed by atoms with Gasteiger partial charge in [0.2, 0.25) is 5.95 Å². The number of aliphatic hydroxyl groups is 3. The minimum atomic E-state index is -1.47. The van der Waals surface area contributed by atoms with Crippen LogP contribution >= 0.6 is 0 Å². The second kappa shape index (κ2) is 4.66. The van der Waals surface area contributed by atoms with Gasteiger partial charge in [-0.1, -0.05) is 0 Å². The lowest BCUT2D eigenvalue weighted by atomic mass is 10.1. The Balaban J connectivity index is 2.20. The zero-order valence-electron chi connectivity index (χ0n) is 10.6. The molecule has 0 bridgehead atoms. The van der Waals surface area contributed by atoms with Crippen LogP contribution in [0.1, 0.15) is 6.23 Å². The minimum absolute atomic E-state index is 0.115. The van der Waals surface area contributed by atoms with E-state index in [0.29, 0.717) is 0 Å². The van der Waals surface area contributed by atoms with Crippen LogP contribution in [0.25, 0.3) is 11.2 Å². The molecule has 3 rings (SSSR count). The van der Waals surface area contributed by atoms with Crippen molar-refractivity contribution in [2.24, 2.45) is 0 Å². The zero-order valence-corrected chi connectivity index (χ0v) is 10.6. The van der Waals surface area contributed by atoms with Crippen molar-refractivity contribution in [2.75, 3.05) is 12.3 Å². The molecule has 1 aliphatic heterocycles. The maximum atomic E-state index is 12.0. The molecule has 0 spiro atoms. The van der Waals surface area contributed by atoms with Crippen molar-refractivity contribution in [2.45, 2.75) is 24.5 Å². The summed E-state index contributed by atoms with van der Waals surface area (Å²) in [7, 11) is 0. The van der Waals surface area contributed by atoms with Gasteiger partial charge in [0.15, 0.2) is 17.4 Å². The van der Waals surface area contributed by atoms with Crippen LogP contribution in [0.15, 0.2) is 9.59 Å². The number of rotatable bonds is 2. The number of hydrogen-bond donors (Lipinski definition) is 6. The fraction of sp³-hybridized carbons (Fsp3) is 0.500. The highest BCUT2D eigenvalue weighted by Crippen LogP contribution is 2.29. The minimum Gasteiger partial charge on any atom is -0.394 e. The molecule has 0 aromatic carbocycles. The summed E-state index contributed by atoms with van der Waals surface area (Å²) >= 11 is 0. The van der Waals surface area contributed by atoms with Gasteiger partial charge in [0.1, 0.15) is 18.3 Å². The Morgan fingerprint density at radius 2 is 2.00 bits per heavy atom. The largest absolute Gasteiger partial charge is 0.394 e. The summed E-state index contributed by atoms with van der Waals surface area (Å²) in [5.41, 5.74) is 3.77. The van der Waals surface area contributed by atoms with Gasteiger partial charge in [-0.25, -0.2) is 9.36 Å². The number of hydrogen-bond acceptors (Lipinski definition) is 8. The number of imidazole rings is 1. The van der Waals surface area contributed by atoms with E-state index in [1.54, 1.807) is 0 Å². The van der Waals surface area contributed by atoms with Gasteiger partial charge in [-0.15, -0.1) is 0 Å². The van der Waals surface area contributed by atoms with Gasteiger partial charge in [0, 0.05) is 0 Å². The van der Waals surface area contributed by atoms with E-state index in [0.717, 1.165) is 4.57 Å². The SMILES string of the molecule is Nc1nc2c([nH]c(=O)n2[C@@H]2O[C@H](CO)[C@H](O)[C@H]2O)c(=O)[nH]1. The first-order chi connectivity index (χ1) is 9.93. The van der Waals surface area contributed by atoms with Crippen molar-refractivity contribution in [1.29, 1.82) is 0 Å². The van der Waals surface area contributed by atoms with Crippen molar-refractivity contribution in [1.82, 2.24) is 19.5 Å². The van der Waals surface area contributed by atoms with Crippen molar-refractivity contribution in [3.63, 3.8) is 0 Å². The molecule has 1 saturated heterocycles. The summed E-state index contributed by atoms with van der Waals surface area (Å²) in [5, 5.41) is 28.7. The Morgan fingerprint density at radius 1 is 1.29 bits per heavy atom. The number of nitrogens with one attached hydrogen (secondary N) is 2. The number of fused-ring (bicyclic) bond motifs is 1. The topological polar surface area (TPSA) is 179 Å². The Kier molecular flexibility index (Phi) is 3.06. The molecule has 11 heteroatoms. The van der Waals surface area contributed by atoms with Crippen molar-refractivity contribution >= 4 is 17.1 Å². The average Bonchev–Trinajstić information content (AvgIpc) is 2.89. The fourth-order valence-corrected chi connectivity index (χ4v) is 2.36. The van der Waals surface area contributed by atoms with E-state index >= 15 is 0 Å². The molecule has 7 N–H and O–H groups in total. The van der Waals surface area contributed by atoms with Gasteiger partial charge in [-0.2, -0.15) is 4.98 Å². The van der Waals surface area contributed by atoms with E-state index in [1.165, 1.54) is 0 Å². The van der Waals surface area contributed by atoms with E-state index in [-0.39, 0.29) is 17.1 Å². The molecule has 2 aromatic rings. The molecule has 0 aliphatic carbocycles. The number of ether oxygens (including phenoxy) is 1. The summed E-state index contributed by atoms with van der Waals surface area (Å²) < 4.78 is 6.13. The lowest BCUT2D eigenvalue weighted by molar-refractivity contribution is -0.0524. The fourth-order valence-electron chi connectivity index (χ4n) is 2.36. The molecule has 3 heterocycles. The van der Waals surface area contributed by atoms with E-state index in [2.05, 4.69) is 15.0 Å². The highest BCUT2D eigenvalue weighted by Gasteiger charge is 2.44. The summed E-state index contributed by atoms with van der Waals surface area (Å²) in [6.07, 6.45) is -5.20. The molecule has 11 nitrogen and oxygen atoms in total. The van der Waals surface area contributed by atoms with Gasteiger partial charge < -0.3 is 25.8 Å². The molecule has 2 aromatic heterocycles. The van der Waals surface area contributed by atoms with E-state index in [4.69, 9.17) is 15.6 Å². The smallest absolute Gasteiger partial charge is 0.330 e. The molecule has 0 amide bonds. The first-order valence-electron chi connectivity index (χ1n) is 6.06. The van der Waals surface area contributed by atoms with Gasteiger partial charge in [-0.3, -0.25) is 14.8 Å².